The summed E-state index contributed by atoms with van der Waals surface area (Å²) in [5, 5.41) is 11.5. The molecule has 0 radical (unpaired) electrons. The van der Waals surface area contributed by atoms with Crippen LogP contribution in [0.25, 0.3) is 84.5 Å². The van der Waals surface area contributed by atoms with Crippen molar-refractivity contribution in [3.8, 4) is 73.6 Å². The maximum atomic E-state index is 10.5. The first-order valence-electron chi connectivity index (χ1n) is 17.9. The van der Waals surface area contributed by atoms with E-state index in [2.05, 4.69) is 79.7 Å². The molecule has 2 heterocycles. The van der Waals surface area contributed by atoms with Gasteiger partial charge in [0.05, 0.1) is 28.2 Å². The highest BCUT2D eigenvalue weighted by Gasteiger charge is 2.22. The Morgan fingerprint density at radius 2 is 1.04 bits per heavy atom. The molecular weight excluding hydrogens is 647 g/mol. The summed E-state index contributed by atoms with van der Waals surface area (Å²) in [6, 6.07) is 53.6. The third kappa shape index (κ3) is 5.97. The van der Waals surface area contributed by atoms with E-state index in [0.29, 0.717) is 23.1 Å². The van der Waals surface area contributed by atoms with Crippen LogP contribution in [0.1, 0.15) is 36.1 Å². The van der Waals surface area contributed by atoms with Crippen molar-refractivity contribution in [3.05, 3.63) is 175 Å². The SMILES string of the molecule is CC1CC=Cc2c(-c3ccccc3)nc(-c3ccc(-c4cccc(-c5ccc(-c6nc(-c7ccccc7)c7ccccc7n6)cc5)c4C#N)cc3)nc21. The average Bonchev–Trinajstić information content (AvgIpc) is 3.23. The summed E-state index contributed by atoms with van der Waals surface area (Å²) in [4.78, 5) is 20.1. The van der Waals surface area contributed by atoms with E-state index in [0.717, 1.165) is 84.5 Å². The van der Waals surface area contributed by atoms with E-state index in [-0.39, 0.29) is 0 Å². The highest BCUT2D eigenvalue weighted by atomic mass is 14.9. The Hall–Kier alpha value is -7.03. The van der Waals surface area contributed by atoms with Crippen molar-refractivity contribution in [2.45, 2.75) is 19.3 Å². The second-order valence-electron chi connectivity index (χ2n) is 13.4. The first-order chi connectivity index (χ1) is 26.1. The summed E-state index contributed by atoms with van der Waals surface area (Å²) in [6.45, 7) is 2.22. The fourth-order valence-corrected chi connectivity index (χ4v) is 7.25. The van der Waals surface area contributed by atoms with E-state index in [1.807, 2.05) is 97.1 Å². The van der Waals surface area contributed by atoms with Crippen LogP contribution >= 0.6 is 0 Å². The Morgan fingerprint density at radius 1 is 0.509 bits per heavy atom. The lowest BCUT2D eigenvalue weighted by Crippen LogP contribution is -2.08. The van der Waals surface area contributed by atoms with E-state index >= 15 is 0 Å². The van der Waals surface area contributed by atoms with Crippen LogP contribution in [0.3, 0.4) is 0 Å². The van der Waals surface area contributed by atoms with Gasteiger partial charge in [0.15, 0.2) is 11.6 Å². The summed E-state index contributed by atoms with van der Waals surface area (Å²) in [5.74, 6) is 1.67. The zero-order chi connectivity index (χ0) is 35.7. The molecule has 1 unspecified atom stereocenters. The molecule has 8 aromatic rings. The van der Waals surface area contributed by atoms with Gasteiger partial charge in [0, 0.05) is 50.2 Å². The van der Waals surface area contributed by atoms with Crippen LogP contribution in [0.4, 0.5) is 0 Å². The lowest BCUT2D eigenvalue weighted by atomic mass is 9.90. The Bertz CT molecular complexity index is 2690. The molecule has 5 nitrogen and oxygen atoms in total. The predicted molar refractivity (Wildman–Crippen MR) is 215 cm³/mol. The molecule has 0 fully saturated rings. The molecule has 1 aliphatic carbocycles. The highest BCUT2D eigenvalue weighted by Crippen LogP contribution is 2.38. The highest BCUT2D eigenvalue weighted by molar-refractivity contribution is 5.93. The monoisotopic (exact) mass is 679 g/mol. The third-order valence-electron chi connectivity index (χ3n) is 10.00. The normalized spacial score (nSPS) is 13.4. The first kappa shape index (κ1) is 31.9. The largest absolute Gasteiger partial charge is 0.232 e. The number of allylic oxidation sites excluding steroid dienone is 1. The molecule has 0 saturated heterocycles. The van der Waals surface area contributed by atoms with Gasteiger partial charge in [-0.2, -0.15) is 5.26 Å². The van der Waals surface area contributed by atoms with Crippen LogP contribution < -0.4 is 0 Å². The number of hydrogen-bond acceptors (Lipinski definition) is 5. The standard InChI is InChI=1S/C48H33N5/c1-31-12-10-20-41-44(31)51-48(53-46(41)35-15-6-3-7-16-35)37-28-24-33(25-29-37)39-19-11-18-38(42(39)30-49)32-22-26-36(27-23-32)47-50-43-21-9-8-17-40(43)45(52-47)34-13-4-2-5-14-34/h2-11,13-29,31H,12H2,1H3. The van der Waals surface area contributed by atoms with Gasteiger partial charge in [0.2, 0.25) is 0 Å². The van der Waals surface area contributed by atoms with Crippen LogP contribution in [0.15, 0.2) is 158 Å². The summed E-state index contributed by atoms with van der Waals surface area (Å²) >= 11 is 0. The molecule has 250 valence electrons. The van der Waals surface area contributed by atoms with E-state index in [1.54, 1.807) is 0 Å². The minimum Gasteiger partial charge on any atom is -0.232 e. The van der Waals surface area contributed by atoms with Gasteiger partial charge in [-0.3, -0.25) is 0 Å². The molecule has 5 heteroatoms. The van der Waals surface area contributed by atoms with Crippen molar-refractivity contribution >= 4 is 17.0 Å². The van der Waals surface area contributed by atoms with Crippen molar-refractivity contribution < 1.29 is 0 Å². The number of benzene rings is 6. The van der Waals surface area contributed by atoms with Crippen molar-refractivity contribution in [3.63, 3.8) is 0 Å². The Balaban J connectivity index is 1.05. The van der Waals surface area contributed by atoms with Gasteiger partial charge >= 0.3 is 0 Å². The third-order valence-corrected chi connectivity index (χ3v) is 10.00. The molecule has 0 amide bonds. The van der Waals surface area contributed by atoms with E-state index in [9.17, 15) is 5.26 Å². The number of rotatable bonds is 6. The second kappa shape index (κ2) is 13.6. The number of para-hydroxylation sites is 1. The topological polar surface area (TPSA) is 75.3 Å². The minimum atomic E-state index is 0.306. The fraction of sp³-hybridized carbons (Fsp3) is 0.0625. The van der Waals surface area contributed by atoms with Crippen LogP contribution in [-0.2, 0) is 0 Å². The number of aromatic nitrogens is 4. The Kier molecular flexibility index (Phi) is 8.19. The molecule has 6 aromatic carbocycles. The summed E-state index contributed by atoms with van der Waals surface area (Å²) in [6.07, 6.45) is 5.33. The molecule has 9 rings (SSSR count). The zero-order valence-electron chi connectivity index (χ0n) is 29.1. The molecule has 1 atom stereocenters. The van der Waals surface area contributed by atoms with Gasteiger partial charge in [-0.15, -0.1) is 0 Å². The van der Waals surface area contributed by atoms with Gasteiger partial charge in [-0.1, -0.05) is 165 Å². The summed E-state index contributed by atoms with van der Waals surface area (Å²) < 4.78 is 0. The van der Waals surface area contributed by atoms with Crippen molar-refractivity contribution in [2.75, 3.05) is 0 Å². The molecule has 53 heavy (non-hydrogen) atoms. The van der Waals surface area contributed by atoms with E-state index < -0.39 is 0 Å². The van der Waals surface area contributed by atoms with Gasteiger partial charge in [0.25, 0.3) is 0 Å². The lowest BCUT2D eigenvalue weighted by Gasteiger charge is -2.20. The maximum absolute atomic E-state index is 10.5. The molecule has 0 aliphatic heterocycles. The van der Waals surface area contributed by atoms with Gasteiger partial charge in [-0.25, -0.2) is 19.9 Å². The summed E-state index contributed by atoms with van der Waals surface area (Å²) in [5.41, 5.74) is 13.2. The Labute approximate surface area is 308 Å². The number of nitriles is 1. The number of fused-ring (bicyclic) bond motifs is 2. The lowest BCUT2D eigenvalue weighted by molar-refractivity contribution is 0.737. The van der Waals surface area contributed by atoms with Crippen LogP contribution in [0.2, 0.25) is 0 Å². The maximum Gasteiger partial charge on any atom is 0.160 e. The molecule has 0 bridgehead atoms. The van der Waals surface area contributed by atoms with Crippen molar-refractivity contribution in [2.24, 2.45) is 0 Å². The molecule has 2 aromatic heterocycles. The van der Waals surface area contributed by atoms with E-state index in [4.69, 9.17) is 19.9 Å². The number of nitrogens with zero attached hydrogens (tertiary/aromatic N) is 5. The van der Waals surface area contributed by atoms with Crippen molar-refractivity contribution in [1.29, 1.82) is 5.26 Å². The molecule has 0 saturated carbocycles. The summed E-state index contributed by atoms with van der Waals surface area (Å²) in [7, 11) is 0. The van der Waals surface area contributed by atoms with Crippen LogP contribution in [0, 0.1) is 11.3 Å². The van der Waals surface area contributed by atoms with Crippen molar-refractivity contribution in [1.82, 2.24) is 19.9 Å². The molecule has 0 spiro atoms. The van der Waals surface area contributed by atoms with Crippen LogP contribution in [-0.4, -0.2) is 19.9 Å². The van der Waals surface area contributed by atoms with Gasteiger partial charge < -0.3 is 0 Å². The average molecular weight is 680 g/mol. The molecule has 0 N–H and O–H groups in total. The van der Waals surface area contributed by atoms with E-state index in [1.165, 1.54) is 0 Å². The smallest absolute Gasteiger partial charge is 0.160 e. The van der Waals surface area contributed by atoms with Crippen LogP contribution in [0.5, 0.6) is 0 Å². The minimum absolute atomic E-state index is 0.306. The quantitative estimate of drug-likeness (QED) is 0.175. The van der Waals surface area contributed by atoms with Gasteiger partial charge in [-0.05, 0) is 23.6 Å². The zero-order valence-corrected chi connectivity index (χ0v) is 29.1. The van der Waals surface area contributed by atoms with Gasteiger partial charge in [0.1, 0.15) is 6.07 Å². The molecular formula is C48H33N5. The first-order valence-corrected chi connectivity index (χ1v) is 17.9. The Morgan fingerprint density at radius 3 is 1.66 bits per heavy atom. The number of hydrogen-bond donors (Lipinski definition) is 0. The molecule has 1 aliphatic rings. The predicted octanol–water partition coefficient (Wildman–Crippen LogP) is 11.8. The second-order valence-corrected chi connectivity index (χ2v) is 13.4. The fourth-order valence-electron chi connectivity index (χ4n) is 7.25.